The fourth-order valence-electron chi connectivity index (χ4n) is 1.91. The fraction of sp³-hybridized carbons (Fsp3) is 0. The predicted molar refractivity (Wildman–Crippen MR) is 77.8 cm³/mol. The maximum atomic E-state index is 13.6. The maximum absolute atomic E-state index is 13.6. The van der Waals surface area contributed by atoms with E-state index in [0.29, 0.717) is 9.58 Å². The summed E-state index contributed by atoms with van der Waals surface area (Å²) in [4.78, 5) is 12.4. The molecular formula is C15H9F2NO2S. The number of hydrogen-bond acceptors (Lipinski definition) is 3. The van der Waals surface area contributed by atoms with Gasteiger partial charge in [0.05, 0.1) is 10.6 Å². The summed E-state index contributed by atoms with van der Waals surface area (Å²) in [6.07, 6.45) is 0. The van der Waals surface area contributed by atoms with Gasteiger partial charge in [-0.05, 0) is 35.7 Å². The number of aromatic hydroxyl groups is 1. The van der Waals surface area contributed by atoms with Crippen LogP contribution in [0.25, 0.3) is 10.1 Å². The van der Waals surface area contributed by atoms with E-state index in [1.165, 1.54) is 24.3 Å². The molecule has 1 amide bonds. The number of fused-ring (bicyclic) bond motifs is 1. The maximum Gasteiger partial charge on any atom is 0.265 e. The Morgan fingerprint density at radius 2 is 1.90 bits per heavy atom. The van der Waals surface area contributed by atoms with Crippen molar-refractivity contribution in [3.05, 3.63) is 59.0 Å². The summed E-state index contributed by atoms with van der Waals surface area (Å²) >= 11 is 1.12. The first-order valence-corrected chi connectivity index (χ1v) is 6.83. The lowest BCUT2D eigenvalue weighted by molar-refractivity contribution is 0.103. The molecule has 0 aliphatic rings. The zero-order valence-electron chi connectivity index (χ0n) is 10.6. The highest BCUT2D eigenvalue weighted by atomic mass is 32.1. The number of hydrogen-bond donors (Lipinski definition) is 2. The smallest absolute Gasteiger partial charge is 0.265 e. The van der Waals surface area contributed by atoms with Crippen molar-refractivity contribution in [3.8, 4) is 5.75 Å². The molecule has 3 rings (SSSR count). The third-order valence-corrected chi connectivity index (χ3v) is 4.00. The summed E-state index contributed by atoms with van der Waals surface area (Å²) in [5.74, 6) is -1.81. The summed E-state index contributed by atoms with van der Waals surface area (Å²) in [5.41, 5.74) is -0.0264. The van der Waals surface area contributed by atoms with Gasteiger partial charge < -0.3 is 10.4 Å². The molecule has 0 saturated heterocycles. The van der Waals surface area contributed by atoms with Gasteiger partial charge in [-0.3, -0.25) is 4.79 Å². The molecule has 0 radical (unpaired) electrons. The van der Waals surface area contributed by atoms with Gasteiger partial charge in [-0.1, -0.05) is 6.07 Å². The number of phenols is 1. The van der Waals surface area contributed by atoms with Gasteiger partial charge in [-0.25, -0.2) is 8.78 Å². The standard InChI is InChI=1S/C15H9F2NO2S/c16-9-2-1-8-5-14(21-13(8)6-9)15(20)18-12-4-3-10(19)7-11(12)17/h1-7,19H,(H,18,20). The van der Waals surface area contributed by atoms with Crippen LogP contribution in [0.1, 0.15) is 9.67 Å². The van der Waals surface area contributed by atoms with Crippen molar-refractivity contribution in [2.75, 3.05) is 5.32 Å². The topological polar surface area (TPSA) is 49.3 Å². The Morgan fingerprint density at radius 3 is 2.67 bits per heavy atom. The Hall–Kier alpha value is -2.47. The van der Waals surface area contributed by atoms with Crippen LogP contribution in [0.4, 0.5) is 14.5 Å². The molecule has 1 aromatic heterocycles. The van der Waals surface area contributed by atoms with Crippen LogP contribution in [0, 0.1) is 11.6 Å². The molecule has 106 valence electrons. The van der Waals surface area contributed by atoms with Crippen LogP contribution in [-0.4, -0.2) is 11.0 Å². The number of benzene rings is 2. The third-order valence-electron chi connectivity index (χ3n) is 2.91. The SMILES string of the molecule is O=C(Nc1ccc(O)cc1F)c1cc2ccc(F)cc2s1. The first kappa shape index (κ1) is 13.5. The number of amides is 1. The Kier molecular flexibility index (Phi) is 3.31. The van der Waals surface area contributed by atoms with Crippen molar-refractivity contribution in [2.24, 2.45) is 0 Å². The molecule has 2 N–H and O–H groups in total. The average Bonchev–Trinajstić information content (AvgIpc) is 2.85. The molecule has 0 aliphatic heterocycles. The van der Waals surface area contributed by atoms with E-state index in [-0.39, 0.29) is 17.3 Å². The lowest BCUT2D eigenvalue weighted by Crippen LogP contribution is -2.11. The normalized spacial score (nSPS) is 10.8. The van der Waals surface area contributed by atoms with Crippen LogP contribution in [0.15, 0.2) is 42.5 Å². The molecule has 0 spiro atoms. The Balaban J connectivity index is 1.89. The van der Waals surface area contributed by atoms with E-state index < -0.39 is 11.7 Å². The molecule has 0 unspecified atom stereocenters. The van der Waals surface area contributed by atoms with E-state index >= 15 is 0 Å². The number of nitrogens with one attached hydrogen (secondary N) is 1. The first-order valence-electron chi connectivity index (χ1n) is 6.02. The quantitative estimate of drug-likeness (QED) is 0.699. The number of halogens is 2. The largest absolute Gasteiger partial charge is 0.508 e. The van der Waals surface area contributed by atoms with Crippen molar-refractivity contribution in [1.29, 1.82) is 0 Å². The van der Waals surface area contributed by atoms with Crippen LogP contribution in [0.5, 0.6) is 5.75 Å². The summed E-state index contributed by atoms with van der Waals surface area (Å²) in [5, 5.41) is 12.3. The minimum Gasteiger partial charge on any atom is -0.508 e. The zero-order chi connectivity index (χ0) is 15.0. The first-order chi connectivity index (χ1) is 10.0. The summed E-state index contributed by atoms with van der Waals surface area (Å²) in [7, 11) is 0. The van der Waals surface area contributed by atoms with Gasteiger partial charge in [-0.2, -0.15) is 0 Å². The Labute approximate surface area is 122 Å². The van der Waals surface area contributed by atoms with Crippen LogP contribution < -0.4 is 5.32 Å². The molecule has 0 aliphatic carbocycles. The van der Waals surface area contributed by atoms with Gasteiger partial charge in [0.15, 0.2) is 0 Å². The summed E-state index contributed by atoms with van der Waals surface area (Å²) < 4.78 is 27.3. The second-order valence-corrected chi connectivity index (χ2v) is 5.49. The van der Waals surface area contributed by atoms with Crippen LogP contribution in [0.2, 0.25) is 0 Å². The van der Waals surface area contributed by atoms with Crippen molar-refractivity contribution < 1.29 is 18.7 Å². The van der Waals surface area contributed by atoms with Gasteiger partial charge in [-0.15, -0.1) is 11.3 Å². The highest BCUT2D eigenvalue weighted by molar-refractivity contribution is 7.20. The van der Waals surface area contributed by atoms with Gasteiger partial charge in [0.1, 0.15) is 17.4 Å². The summed E-state index contributed by atoms with van der Waals surface area (Å²) in [6, 6.07) is 9.32. The van der Waals surface area contributed by atoms with E-state index in [0.717, 1.165) is 22.8 Å². The molecule has 0 atom stereocenters. The number of anilines is 1. The van der Waals surface area contributed by atoms with Crippen molar-refractivity contribution >= 4 is 33.0 Å². The van der Waals surface area contributed by atoms with Crippen molar-refractivity contribution in [2.45, 2.75) is 0 Å². The van der Waals surface area contributed by atoms with E-state index in [9.17, 15) is 13.6 Å². The number of rotatable bonds is 2. The van der Waals surface area contributed by atoms with Gasteiger partial charge in [0.2, 0.25) is 0 Å². The summed E-state index contributed by atoms with van der Waals surface area (Å²) in [6.45, 7) is 0. The molecule has 0 saturated carbocycles. The van der Waals surface area contributed by atoms with Crippen LogP contribution >= 0.6 is 11.3 Å². The fourth-order valence-corrected chi connectivity index (χ4v) is 2.89. The highest BCUT2D eigenvalue weighted by Crippen LogP contribution is 2.27. The van der Waals surface area contributed by atoms with Crippen LogP contribution in [-0.2, 0) is 0 Å². The van der Waals surface area contributed by atoms with Crippen LogP contribution in [0.3, 0.4) is 0 Å². The number of thiophene rings is 1. The lowest BCUT2D eigenvalue weighted by Gasteiger charge is -2.04. The minimum absolute atomic E-state index is 0.0264. The second-order valence-electron chi connectivity index (χ2n) is 4.41. The Morgan fingerprint density at radius 1 is 1.10 bits per heavy atom. The lowest BCUT2D eigenvalue weighted by atomic mass is 10.2. The predicted octanol–water partition coefficient (Wildman–Crippen LogP) is 4.14. The minimum atomic E-state index is -0.726. The molecule has 0 fully saturated rings. The average molecular weight is 305 g/mol. The number of carbonyl (C=O) groups excluding carboxylic acids is 1. The third kappa shape index (κ3) is 2.71. The van der Waals surface area contributed by atoms with E-state index in [4.69, 9.17) is 5.11 Å². The van der Waals surface area contributed by atoms with Gasteiger partial charge >= 0.3 is 0 Å². The molecule has 6 heteroatoms. The molecule has 0 bridgehead atoms. The van der Waals surface area contributed by atoms with E-state index in [1.54, 1.807) is 12.1 Å². The monoisotopic (exact) mass is 305 g/mol. The Bertz CT molecular complexity index is 845. The molecule has 3 aromatic rings. The van der Waals surface area contributed by atoms with Gasteiger partial charge in [0.25, 0.3) is 5.91 Å². The van der Waals surface area contributed by atoms with E-state index in [1.807, 2.05) is 0 Å². The zero-order valence-corrected chi connectivity index (χ0v) is 11.4. The molecule has 2 aromatic carbocycles. The molecular weight excluding hydrogens is 296 g/mol. The van der Waals surface area contributed by atoms with Crippen molar-refractivity contribution in [3.63, 3.8) is 0 Å². The second kappa shape index (κ2) is 5.14. The molecule has 1 heterocycles. The molecule has 21 heavy (non-hydrogen) atoms. The van der Waals surface area contributed by atoms with E-state index in [2.05, 4.69) is 5.32 Å². The number of phenolic OH excluding ortho intramolecular Hbond substituents is 1. The van der Waals surface area contributed by atoms with Crippen molar-refractivity contribution in [1.82, 2.24) is 0 Å². The highest BCUT2D eigenvalue weighted by Gasteiger charge is 2.13. The molecule has 3 nitrogen and oxygen atoms in total. The van der Waals surface area contributed by atoms with Gasteiger partial charge in [0, 0.05) is 10.8 Å². The number of carbonyl (C=O) groups is 1.